The van der Waals surface area contributed by atoms with Crippen molar-refractivity contribution in [2.75, 3.05) is 32.8 Å². The third-order valence-electron chi connectivity index (χ3n) is 9.01. The number of rotatable bonds is 8. The molecule has 0 saturated heterocycles. The average molecular weight is 794 g/mol. The van der Waals surface area contributed by atoms with E-state index in [1.165, 1.54) is 75.3 Å². The number of hydrogen-bond acceptors (Lipinski definition) is 6. The minimum Gasteiger partial charge on any atom is -0.748 e. The molecule has 6 rings (SSSR count). The molecule has 0 amide bonds. The van der Waals surface area contributed by atoms with E-state index in [1.807, 2.05) is 43.4 Å². The van der Waals surface area contributed by atoms with Crippen LogP contribution < -0.4 is 20.1 Å². The number of nitrogens with one attached hydrogen (secondary N) is 1. The van der Waals surface area contributed by atoms with Gasteiger partial charge >= 0.3 is 20.4 Å². The number of ether oxygens (including phenoxy) is 2. The summed E-state index contributed by atoms with van der Waals surface area (Å²) in [5, 5.41) is 4.76. The van der Waals surface area contributed by atoms with Gasteiger partial charge in [0.2, 0.25) is 0 Å². The normalized spacial score (nSPS) is 15.1. The number of methoxy groups -OCH3 is 2. The van der Waals surface area contributed by atoms with Crippen LogP contribution in [-0.4, -0.2) is 51.8 Å². The van der Waals surface area contributed by atoms with Gasteiger partial charge in [-0.05, 0) is 71.8 Å². The van der Waals surface area contributed by atoms with Gasteiger partial charge in [-0.15, -0.1) is 35.9 Å². The van der Waals surface area contributed by atoms with Gasteiger partial charge in [0.15, 0.2) is 0 Å². The van der Waals surface area contributed by atoms with Gasteiger partial charge in [-0.2, -0.15) is 0 Å². The fourth-order valence-corrected chi connectivity index (χ4v) is 10.9. The first kappa shape index (κ1) is 40.7. The Morgan fingerprint density at radius 1 is 0.714 bits per heavy atom. The summed E-state index contributed by atoms with van der Waals surface area (Å²) in [5.74, 6) is 1.83. The molecule has 0 aromatic heterocycles. The zero-order valence-corrected chi connectivity index (χ0v) is 32.4. The summed E-state index contributed by atoms with van der Waals surface area (Å²) in [6.07, 6.45) is 14.8. The van der Waals surface area contributed by atoms with Crippen molar-refractivity contribution in [1.82, 2.24) is 0 Å². The van der Waals surface area contributed by atoms with Crippen molar-refractivity contribution in [3.63, 3.8) is 0 Å². The van der Waals surface area contributed by atoms with Crippen molar-refractivity contribution in [2.24, 2.45) is 0 Å². The third kappa shape index (κ3) is 12.2. The Labute approximate surface area is 309 Å². The van der Waals surface area contributed by atoms with E-state index < -0.39 is 10.1 Å². The molecule has 1 N–H and O–H groups in total. The molecule has 2 aliphatic carbocycles. The molecule has 0 aliphatic heterocycles. The molecule has 49 heavy (non-hydrogen) atoms. The summed E-state index contributed by atoms with van der Waals surface area (Å²) in [5.41, 5.74) is 7.67. The molecule has 9 heteroatoms. The molecule has 4 aromatic carbocycles. The van der Waals surface area contributed by atoms with Crippen LogP contribution in [0, 0.1) is 6.07 Å². The SMILES string of the molecule is CNc1ccccc1-c1[c-]cccc1.COc1cccc(OC)c1-c1ccccc1P(C1CCCCC1)C1CCCCC1.CS(=O)(=O)[O-].[Pd+2]. The monoisotopic (exact) mass is 793 g/mol. The smallest absolute Gasteiger partial charge is 0.748 e. The summed E-state index contributed by atoms with van der Waals surface area (Å²) in [6.45, 7) is 0. The Bertz CT molecular complexity index is 1610. The van der Waals surface area contributed by atoms with Gasteiger partial charge in [-0.25, -0.2) is 8.42 Å². The van der Waals surface area contributed by atoms with Gasteiger partial charge in [0, 0.05) is 13.3 Å². The van der Waals surface area contributed by atoms with Crippen molar-refractivity contribution in [3.8, 4) is 33.8 Å². The van der Waals surface area contributed by atoms with Gasteiger partial charge < -0.3 is 19.3 Å². The maximum atomic E-state index is 9.08. The van der Waals surface area contributed by atoms with E-state index in [2.05, 4.69) is 66.0 Å². The van der Waals surface area contributed by atoms with E-state index in [0.29, 0.717) is 6.26 Å². The Balaban J connectivity index is 0.000000270. The fraction of sp³-hybridized carbons (Fsp3) is 0.400. The molecule has 266 valence electrons. The Morgan fingerprint density at radius 2 is 1.20 bits per heavy atom. The van der Waals surface area contributed by atoms with Crippen LogP contribution in [0.1, 0.15) is 64.2 Å². The van der Waals surface area contributed by atoms with Crippen molar-refractivity contribution in [3.05, 3.63) is 97.1 Å². The molecule has 4 aromatic rings. The maximum Gasteiger partial charge on any atom is 2.00 e. The predicted octanol–water partition coefficient (Wildman–Crippen LogP) is 9.50. The minimum absolute atomic E-state index is 0. The van der Waals surface area contributed by atoms with Crippen molar-refractivity contribution < 1.29 is 42.9 Å². The molecular formula is C40H50NO5PPdS. The number of benzene rings is 4. The third-order valence-corrected chi connectivity index (χ3v) is 12.6. The zero-order chi connectivity index (χ0) is 34.4. The quantitative estimate of drug-likeness (QED) is 0.0828. The van der Waals surface area contributed by atoms with E-state index in [-0.39, 0.29) is 28.3 Å². The van der Waals surface area contributed by atoms with Crippen LogP contribution >= 0.6 is 7.92 Å². The van der Waals surface area contributed by atoms with Crippen molar-refractivity contribution >= 4 is 29.0 Å². The second-order valence-electron chi connectivity index (χ2n) is 12.3. The van der Waals surface area contributed by atoms with Gasteiger partial charge in [0.05, 0.1) is 29.9 Å². The van der Waals surface area contributed by atoms with Crippen LogP contribution in [0.25, 0.3) is 22.3 Å². The molecule has 0 bridgehead atoms. The predicted molar refractivity (Wildman–Crippen MR) is 201 cm³/mol. The van der Waals surface area contributed by atoms with E-state index >= 15 is 0 Å². The average Bonchev–Trinajstić information content (AvgIpc) is 3.12. The van der Waals surface area contributed by atoms with Crippen LogP contribution in [-0.2, 0) is 30.5 Å². The summed E-state index contributed by atoms with van der Waals surface area (Å²) in [6, 6.07) is 34.8. The zero-order valence-electron chi connectivity index (χ0n) is 29.1. The fourth-order valence-electron chi connectivity index (χ4n) is 6.93. The molecule has 0 unspecified atom stereocenters. The van der Waals surface area contributed by atoms with Crippen LogP contribution in [0.4, 0.5) is 5.69 Å². The first-order valence-corrected chi connectivity index (χ1v) is 20.3. The summed E-state index contributed by atoms with van der Waals surface area (Å²) in [7, 11) is 1.37. The Morgan fingerprint density at radius 3 is 1.69 bits per heavy atom. The maximum absolute atomic E-state index is 9.08. The van der Waals surface area contributed by atoms with E-state index in [1.54, 1.807) is 19.5 Å². The summed E-state index contributed by atoms with van der Waals surface area (Å²) >= 11 is 0. The van der Waals surface area contributed by atoms with Gasteiger partial charge in [0.1, 0.15) is 11.5 Å². The number of hydrogen-bond donors (Lipinski definition) is 1. The second kappa shape index (κ2) is 20.8. The van der Waals surface area contributed by atoms with Gasteiger partial charge in [-0.3, -0.25) is 0 Å². The molecule has 0 heterocycles. The van der Waals surface area contributed by atoms with Crippen molar-refractivity contribution in [1.29, 1.82) is 0 Å². The van der Waals surface area contributed by atoms with E-state index in [4.69, 9.17) is 22.4 Å². The van der Waals surface area contributed by atoms with Gasteiger partial charge in [0.25, 0.3) is 0 Å². The largest absolute Gasteiger partial charge is 2.00 e. The first-order chi connectivity index (χ1) is 23.2. The number of para-hydroxylation sites is 1. The molecule has 0 atom stereocenters. The van der Waals surface area contributed by atoms with Crippen LogP contribution in [0.2, 0.25) is 0 Å². The first-order valence-electron chi connectivity index (χ1n) is 17.0. The Kier molecular flexibility index (Phi) is 17.3. The molecule has 6 nitrogen and oxygen atoms in total. The van der Waals surface area contributed by atoms with Crippen LogP contribution in [0.5, 0.6) is 11.5 Å². The van der Waals surface area contributed by atoms with E-state index in [9.17, 15) is 0 Å². The van der Waals surface area contributed by atoms with Crippen LogP contribution in [0.3, 0.4) is 0 Å². The summed E-state index contributed by atoms with van der Waals surface area (Å²) in [4.78, 5) is 0. The molecule has 0 spiro atoms. The standard InChI is InChI=1S/C26H35O2P.C13H12N.CH4O3S.Pd/c1-27-23-17-11-18-24(28-2)26(23)22-16-9-10-19-25(22)29(20-12-5-3-6-13-20)21-14-7-4-8-15-21;1-14-13-10-6-5-9-12(13)11-7-3-2-4-8-11;1-5(2,3)4;/h9-11,16-21H,3-8,12-15H2,1-2H3;2-7,9-10,14H,1H3;1H3,(H,2,3,4);/q;-1;;+2/p-1. The second-order valence-corrected chi connectivity index (χ2v) is 16.5. The minimum atomic E-state index is -3.92. The molecular weight excluding hydrogens is 744 g/mol. The van der Waals surface area contributed by atoms with Gasteiger partial charge in [-0.1, -0.05) is 101 Å². The summed E-state index contributed by atoms with van der Waals surface area (Å²) < 4.78 is 38.8. The molecule has 2 saturated carbocycles. The van der Waals surface area contributed by atoms with Crippen molar-refractivity contribution in [2.45, 2.75) is 75.5 Å². The number of anilines is 1. The molecule has 2 aliphatic rings. The Hall–Kier alpha value is -2.72. The molecule has 2 fully saturated rings. The topological polar surface area (TPSA) is 87.7 Å². The molecule has 0 radical (unpaired) electrons. The van der Waals surface area contributed by atoms with Crippen LogP contribution in [0.15, 0.2) is 91.0 Å². The van der Waals surface area contributed by atoms with E-state index in [0.717, 1.165) is 39.6 Å².